The minimum atomic E-state index is -0.659. The smallest absolute Gasteiger partial charge is 0.0308 e. The van der Waals surface area contributed by atoms with Gasteiger partial charge in [0.2, 0.25) is 0 Å². The summed E-state index contributed by atoms with van der Waals surface area (Å²) in [4.78, 5) is 0. The fraction of sp³-hybridized carbons (Fsp3) is 1.00. The van der Waals surface area contributed by atoms with Gasteiger partial charge in [-0.2, -0.15) is 0 Å². The highest BCUT2D eigenvalue weighted by molar-refractivity contribution is 7.53. The average molecular weight is 106 g/mol. The Labute approximate surface area is 39.8 Å². The summed E-state index contributed by atoms with van der Waals surface area (Å²) in [6.07, 6.45) is 0. The van der Waals surface area contributed by atoms with Gasteiger partial charge in [-0.15, -0.1) is 0 Å². The van der Waals surface area contributed by atoms with E-state index in [0.717, 1.165) is 0 Å². The van der Waals surface area contributed by atoms with Gasteiger partial charge in [-0.3, -0.25) is 11.0 Å². The average Bonchev–Trinajstić information content (AvgIpc) is 1.36. The first-order valence-corrected chi connectivity index (χ1v) is 3.48. The molecule has 6 heavy (non-hydrogen) atoms. The maximum Gasteiger partial charge on any atom is 0.0308 e. The van der Waals surface area contributed by atoms with Gasteiger partial charge < -0.3 is 0 Å². The fourth-order valence-electron chi connectivity index (χ4n) is 0. The molecule has 0 aromatic rings. The predicted molar refractivity (Wildman–Crippen MR) is 30.4 cm³/mol. The lowest BCUT2D eigenvalue weighted by Crippen LogP contribution is -2.07. The third-order valence-corrected chi connectivity index (χ3v) is 1.79. The van der Waals surface area contributed by atoms with Crippen molar-refractivity contribution in [1.82, 2.24) is 0 Å². The molecule has 0 bridgehead atoms. The summed E-state index contributed by atoms with van der Waals surface area (Å²) >= 11 is 0. The quantitative estimate of drug-likeness (QED) is 0.481. The lowest BCUT2D eigenvalue weighted by Gasteiger charge is -2.05. The van der Waals surface area contributed by atoms with Crippen molar-refractivity contribution in [3.05, 3.63) is 0 Å². The molecule has 0 fully saturated rings. The minimum absolute atomic E-state index is 0.472. The molecule has 4 N–H and O–H groups in total. The molecule has 0 aliphatic carbocycles. The highest BCUT2D eigenvalue weighted by Crippen LogP contribution is 2.19. The second-order valence-corrected chi connectivity index (χ2v) is 3.47. The van der Waals surface area contributed by atoms with Gasteiger partial charge in [-0.25, -0.2) is 0 Å². The molecule has 0 heterocycles. The summed E-state index contributed by atoms with van der Waals surface area (Å²) in [5.41, 5.74) is 11.0. The van der Waals surface area contributed by atoms with E-state index in [1.807, 2.05) is 13.8 Å². The van der Waals surface area contributed by atoms with E-state index < -0.39 is 8.22 Å². The van der Waals surface area contributed by atoms with Crippen LogP contribution in [0.1, 0.15) is 13.8 Å². The molecule has 0 saturated carbocycles. The predicted octanol–water partition coefficient (Wildman–Crippen LogP) is 0.624. The zero-order chi connectivity index (χ0) is 5.15. The molecule has 0 rings (SSSR count). The van der Waals surface area contributed by atoms with E-state index in [4.69, 9.17) is 11.0 Å². The number of nitrogens with two attached hydrogens (primary N) is 2. The van der Waals surface area contributed by atoms with Crippen LogP contribution in [0, 0.1) is 0 Å². The summed E-state index contributed by atoms with van der Waals surface area (Å²) in [7, 11) is -0.659. The van der Waals surface area contributed by atoms with Crippen molar-refractivity contribution in [3.63, 3.8) is 0 Å². The van der Waals surface area contributed by atoms with E-state index in [1.165, 1.54) is 0 Å². The van der Waals surface area contributed by atoms with E-state index in [9.17, 15) is 0 Å². The highest BCUT2D eigenvalue weighted by Gasteiger charge is 1.96. The first-order chi connectivity index (χ1) is 2.64. The standard InChI is InChI=1S/C3H11N2P/c1-3(2)6(4)5/h3H,4-5H2,1-2H3. The van der Waals surface area contributed by atoms with Gasteiger partial charge in [0.1, 0.15) is 0 Å². The molecule has 3 heteroatoms. The molecule has 0 aromatic carbocycles. The Morgan fingerprint density at radius 1 is 1.33 bits per heavy atom. The number of rotatable bonds is 1. The first kappa shape index (κ1) is 6.35. The Kier molecular flexibility index (Phi) is 2.66. The molecule has 0 atom stereocenters. The normalized spacial score (nSPS) is 11.0. The topological polar surface area (TPSA) is 52.0 Å². The molecule has 0 aromatic heterocycles. The Morgan fingerprint density at radius 3 is 1.50 bits per heavy atom. The van der Waals surface area contributed by atoms with Crippen LogP contribution in [0.5, 0.6) is 0 Å². The summed E-state index contributed by atoms with van der Waals surface area (Å²) in [5.74, 6) is 0. The van der Waals surface area contributed by atoms with Crippen molar-refractivity contribution in [3.8, 4) is 0 Å². The SMILES string of the molecule is CC(C)P(N)N. The Morgan fingerprint density at radius 2 is 1.50 bits per heavy atom. The lowest BCUT2D eigenvalue weighted by atomic mass is 10.6. The second kappa shape index (κ2) is 2.51. The van der Waals surface area contributed by atoms with Crippen molar-refractivity contribution in [1.29, 1.82) is 0 Å². The lowest BCUT2D eigenvalue weighted by molar-refractivity contribution is 1.08. The van der Waals surface area contributed by atoms with Crippen LogP contribution < -0.4 is 11.0 Å². The maximum absolute atomic E-state index is 5.28. The number of hydrogen-bond acceptors (Lipinski definition) is 2. The molecule has 0 unspecified atom stereocenters. The third-order valence-electron chi connectivity index (χ3n) is 0.596. The van der Waals surface area contributed by atoms with E-state index >= 15 is 0 Å². The highest BCUT2D eigenvalue weighted by atomic mass is 31.1. The third kappa shape index (κ3) is 2.58. The molecule has 38 valence electrons. The zero-order valence-corrected chi connectivity index (χ0v) is 5.07. The Balaban J connectivity index is 2.99. The van der Waals surface area contributed by atoms with Crippen molar-refractivity contribution in [2.24, 2.45) is 11.0 Å². The first-order valence-electron chi connectivity index (χ1n) is 1.93. The van der Waals surface area contributed by atoms with Gasteiger partial charge in [0.05, 0.1) is 0 Å². The summed E-state index contributed by atoms with van der Waals surface area (Å²) < 4.78 is 0. The van der Waals surface area contributed by atoms with Crippen LogP contribution in [-0.4, -0.2) is 5.66 Å². The molecule has 0 saturated heterocycles. The molecule has 0 spiro atoms. The summed E-state index contributed by atoms with van der Waals surface area (Å²) in [6, 6.07) is 0. The second-order valence-electron chi connectivity index (χ2n) is 1.54. The molecular weight excluding hydrogens is 95.0 g/mol. The van der Waals surface area contributed by atoms with Gasteiger partial charge >= 0.3 is 0 Å². The van der Waals surface area contributed by atoms with Crippen LogP contribution in [0.15, 0.2) is 0 Å². The molecular formula is C3H11N2P. The van der Waals surface area contributed by atoms with Crippen molar-refractivity contribution in [2.45, 2.75) is 19.5 Å². The molecule has 0 aliphatic heterocycles. The van der Waals surface area contributed by atoms with Crippen LogP contribution >= 0.6 is 8.22 Å². The van der Waals surface area contributed by atoms with E-state index in [2.05, 4.69) is 0 Å². The summed E-state index contributed by atoms with van der Waals surface area (Å²) in [5, 5.41) is 0. The zero-order valence-electron chi connectivity index (χ0n) is 4.18. The van der Waals surface area contributed by atoms with Gasteiger partial charge in [-0.1, -0.05) is 13.8 Å². The minimum Gasteiger partial charge on any atom is -0.298 e. The van der Waals surface area contributed by atoms with E-state index in [-0.39, 0.29) is 0 Å². The van der Waals surface area contributed by atoms with E-state index in [0.29, 0.717) is 5.66 Å². The Hall–Kier alpha value is 0.350. The molecule has 0 aliphatic rings. The monoisotopic (exact) mass is 106 g/mol. The van der Waals surface area contributed by atoms with Crippen LogP contribution in [0.25, 0.3) is 0 Å². The number of hydrogen-bond donors (Lipinski definition) is 2. The molecule has 2 nitrogen and oxygen atoms in total. The van der Waals surface area contributed by atoms with Crippen LogP contribution in [-0.2, 0) is 0 Å². The van der Waals surface area contributed by atoms with Crippen LogP contribution in [0.4, 0.5) is 0 Å². The van der Waals surface area contributed by atoms with Crippen LogP contribution in [0.2, 0.25) is 0 Å². The van der Waals surface area contributed by atoms with Gasteiger partial charge in [0.15, 0.2) is 0 Å². The van der Waals surface area contributed by atoms with E-state index in [1.54, 1.807) is 0 Å². The van der Waals surface area contributed by atoms with Gasteiger partial charge in [0, 0.05) is 8.22 Å². The van der Waals surface area contributed by atoms with Crippen molar-refractivity contribution in [2.75, 3.05) is 0 Å². The van der Waals surface area contributed by atoms with Gasteiger partial charge in [0.25, 0.3) is 0 Å². The largest absolute Gasteiger partial charge is 0.298 e. The summed E-state index contributed by atoms with van der Waals surface area (Å²) in [6.45, 7) is 4.04. The van der Waals surface area contributed by atoms with Crippen LogP contribution in [0.3, 0.4) is 0 Å². The van der Waals surface area contributed by atoms with Crippen molar-refractivity contribution < 1.29 is 0 Å². The van der Waals surface area contributed by atoms with Gasteiger partial charge in [-0.05, 0) is 5.66 Å². The fourth-order valence-corrected chi connectivity index (χ4v) is 0. The molecule has 0 amide bonds. The van der Waals surface area contributed by atoms with Crippen molar-refractivity contribution >= 4 is 8.22 Å². The maximum atomic E-state index is 5.28. The molecule has 0 radical (unpaired) electrons. The Bertz CT molecular complexity index is 29.8.